The molecule has 0 aromatic heterocycles. The largest absolute Gasteiger partial charge is 0.341 e. The quantitative estimate of drug-likeness (QED) is 0.673. The van der Waals surface area contributed by atoms with E-state index in [4.69, 9.17) is 0 Å². The first-order chi connectivity index (χ1) is 6.74. The van der Waals surface area contributed by atoms with Crippen LogP contribution in [0, 0.1) is 5.41 Å². The summed E-state index contributed by atoms with van der Waals surface area (Å²) >= 11 is 0. The van der Waals surface area contributed by atoms with Gasteiger partial charge in [-0.1, -0.05) is 0 Å². The van der Waals surface area contributed by atoms with Gasteiger partial charge in [-0.2, -0.15) is 0 Å². The lowest BCUT2D eigenvalue weighted by Gasteiger charge is -2.48. The number of nitrogens with one attached hydrogen (secondary N) is 2. The fraction of sp³-hybridized carbons (Fsp3) is 0.900. The molecule has 0 aromatic rings. The van der Waals surface area contributed by atoms with Crippen LogP contribution in [0.5, 0.6) is 0 Å². The molecule has 3 aliphatic rings. The standard InChI is InChI=1S/C10H19N3O/c1-11-9(14)12-8-10-2-5-13(6-3-10)7-4-10/h2-8H2,1H3,(H2,11,12,14). The van der Waals surface area contributed by atoms with Crippen molar-refractivity contribution in [3.8, 4) is 0 Å². The Morgan fingerprint density at radius 1 is 1.29 bits per heavy atom. The van der Waals surface area contributed by atoms with Crippen molar-refractivity contribution in [3.05, 3.63) is 0 Å². The van der Waals surface area contributed by atoms with E-state index < -0.39 is 0 Å². The Kier molecular flexibility index (Phi) is 2.63. The van der Waals surface area contributed by atoms with Crippen LogP contribution in [-0.2, 0) is 0 Å². The lowest BCUT2D eigenvalue weighted by molar-refractivity contribution is 0.0285. The van der Waals surface area contributed by atoms with Crippen LogP contribution in [0.2, 0.25) is 0 Å². The normalized spacial score (nSPS) is 35.4. The summed E-state index contributed by atoms with van der Waals surface area (Å²) in [6, 6.07) is -0.0487. The number of nitrogens with zero attached hydrogens (tertiary/aromatic N) is 1. The van der Waals surface area contributed by atoms with Crippen molar-refractivity contribution in [1.29, 1.82) is 0 Å². The summed E-state index contributed by atoms with van der Waals surface area (Å²) in [5, 5.41) is 5.55. The van der Waals surface area contributed by atoms with Crippen LogP contribution in [0.25, 0.3) is 0 Å². The van der Waals surface area contributed by atoms with E-state index in [0.29, 0.717) is 5.41 Å². The Hall–Kier alpha value is -0.770. The van der Waals surface area contributed by atoms with Gasteiger partial charge in [0.25, 0.3) is 0 Å². The maximum atomic E-state index is 11.1. The van der Waals surface area contributed by atoms with Crippen molar-refractivity contribution >= 4 is 6.03 Å². The van der Waals surface area contributed by atoms with Gasteiger partial charge in [-0.05, 0) is 44.3 Å². The number of amides is 2. The zero-order chi connectivity index (χ0) is 10.0. The SMILES string of the molecule is CNC(=O)NCC12CCN(CC1)CC2. The second-order valence-corrected chi connectivity index (χ2v) is 4.52. The molecule has 3 saturated heterocycles. The fourth-order valence-electron chi connectivity index (χ4n) is 2.52. The average Bonchev–Trinajstić information content (AvgIpc) is 2.28. The van der Waals surface area contributed by atoms with Gasteiger partial charge in [0.05, 0.1) is 0 Å². The predicted molar refractivity (Wildman–Crippen MR) is 55.2 cm³/mol. The minimum absolute atomic E-state index is 0.0487. The van der Waals surface area contributed by atoms with Gasteiger partial charge in [0.1, 0.15) is 0 Å². The molecule has 3 rings (SSSR count). The molecular weight excluding hydrogens is 178 g/mol. The maximum Gasteiger partial charge on any atom is 0.314 e. The summed E-state index contributed by atoms with van der Waals surface area (Å²) in [5.74, 6) is 0. The minimum atomic E-state index is -0.0487. The van der Waals surface area contributed by atoms with E-state index in [1.54, 1.807) is 7.05 Å². The number of hydrogen-bond acceptors (Lipinski definition) is 2. The van der Waals surface area contributed by atoms with Crippen LogP contribution >= 0.6 is 0 Å². The van der Waals surface area contributed by atoms with Crippen molar-refractivity contribution in [1.82, 2.24) is 15.5 Å². The molecule has 0 unspecified atom stereocenters. The van der Waals surface area contributed by atoms with Crippen molar-refractivity contribution in [3.63, 3.8) is 0 Å². The molecule has 2 amide bonds. The Labute approximate surface area is 85.0 Å². The lowest BCUT2D eigenvalue weighted by Crippen LogP contribution is -2.53. The summed E-state index contributed by atoms with van der Waals surface area (Å²) in [5.41, 5.74) is 0.404. The number of carbonyl (C=O) groups is 1. The van der Waals surface area contributed by atoms with E-state index in [9.17, 15) is 4.79 Å². The van der Waals surface area contributed by atoms with Crippen LogP contribution < -0.4 is 10.6 Å². The zero-order valence-electron chi connectivity index (χ0n) is 8.81. The van der Waals surface area contributed by atoms with Crippen molar-refractivity contribution in [2.24, 2.45) is 5.41 Å². The highest BCUT2D eigenvalue weighted by atomic mass is 16.2. The number of carbonyl (C=O) groups excluding carboxylic acids is 1. The van der Waals surface area contributed by atoms with Crippen LogP contribution in [-0.4, -0.2) is 44.2 Å². The van der Waals surface area contributed by atoms with Crippen LogP contribution in [0.3, 0.4) is 0 Å². The minimum Gasteiger partial charge on any atom is -0.341 e. The highest BCUT2D eigenvalue weighted by Crippen LogP contribution is 2.39. The van der Waals surface area contributed by atoms with Crippen LogP contribution in [0.4, 0.5) is 4.79 Å². The molecule has 0 saturated carbocycles. The molecular formula is C10H19N3O. The summed E-state index contributed by atoms with van der Waals surface area (Å²) in [6.07, 6.45) is 3.74. The van der Waals surface area contributed by atoms with Gasteiger partial charge in [0, 0.05) is 13.6 Å². The molecule has 3 fully saturated rings. The highest BCUT2D eigenvalue weighted by molar-refractivity contribution is 5.73. The van der Waals surface area contributed by atoms with Crippen molar-refractivity contribution < 1.29 is 4.79 Å². The topological polar surface area (TPSA) is 44.4 Å². The molecule has 14 heavy (non-hydrogen) atoms. The number of urea groups is 1. The number of hydrogen-bond donors (Lipinski definition) is 2. The monoisotopic (exact) mass is 197 g/mol. The van der Waals surface area contributed by atoms with E-state index in [1.807, 2.05) is 0 Å². The first kappa shape index (κ1) is 9.77. The van der Waals surface area contributed by atoms with E-state index in [2.05, 4.69) is 15.5 Å². The number of piperidine rings is 3. The molecule has 0 radical (unpaired) electrons. The summed E-state index contributed by atoms with van der Waals surface area (Å²) in [7, 11) is 1.66. The van der Waals surface area contributed by atoms with E-state index in [0.717, 1.165) is 6.54 Å². The van der Waals surface area contributed by atoms with Gasteiger partial charge in [0.15, 0.2) is 0 Å². The Morgan fingerprint density at radius 3 is 2.36 bits per heavy atom. The first-order valence-corrected chi connectivity index (χ1v) is 5.42. The maximum absolute atomic E-state index is 11.1. The Bertz CT molecular complexity index is 208. The van der Waals surface area contributed by atoms with E-state index in [1.165, 1.54) is 38.9 Å². The number of fused-ring (bicyclic) bond motifs is 3. The van der Waals surface area contributed by atoms with Gasteiger partial charge in [-0.25, -0.2) is 4.79 Å². The van der Waals surface area contributed by atoms with Gasteiger partial charge in [0.2, 0.25) is 0 Å². The Morgan fingerprint density at radius 2 is 1.86 bits per heavy atom. The van der Waals surface area contributed by atoms with Crippen LogP contribution in [0.1, 0.15) is 19.3 Å². The highest BCUT2D eigenvalue weighted by Gasteiger charge is 2.39. The summed E-state index contributed by atoms with van der Waals surface area (Å²) < 4.78 is 0. The third-order valence-electron chi connectivity index (χ3n) is 3.73. The molecule has 4 heteroatoms. The van der Waals surface area contributed by atoms with Gasteiger partial charge < -0.3 is 15.5 Å². The zero-order valence-corrected chi connectivity index (χ0v) is 8.81. The molecule has 0 aromatic carbocycles. The lowest BCUT2D eigenvalue weighted by atomic mass is 9.72. The van der Waals surface area contributed by atoms with E-state index in [-0.39, 0.29) is 6.03 Å². The summed E-state index contributed by atoms with van der Waals surface area (Å²) in [4.78, 5) is 13.6. The second-order valence-electron chi connectivity index (χ2n) is 4.52. The molecule has 2 N–H and O–H groups in total. The van der Waals surface area contributed by atoms with Crippen molar-refractivity contribution in [2.75, 3.05) is 33.2 Å². The molecule has 0 atom stereocenters. The molecule has 3 heterocycles. The first-order valence-electron chi connectivity index (χ1n) is 5.42. The molecule has 2 bridgehead atoms. The van der Waals surface area contributed by atoms with Gasteiger partial charge in [-0.3, -0.25) is 0 Å². The molecule has 3 aliphatic heterocycles. The third-order valence-corrected chi connectivity index (χ3v) is 3.73. The third kappa shape index (κ3) is 1.85. The van der Waals surface area contributed by atoms with Gasteiger partial charge >= 0.3 is 6.03 Å². The Balaban J connectivity index is 1.86. The smallest absolute Gasteiger partial charge is 0.314 e. The average molecular weight is 197 g/mol. The fourth-order valence-corrected chi connectivity index (χ4v) is 2.52. The molecule has 4 nitrogen and oxygen atoms in total. The molecule has 0 aliphatic carbocycles. The van der Waals surface area contributed by atoms with Gasteiger partial charge in [-0.15, -0.1) is 0 Å². The van der Waals surface area contributed by atoms with Crippen LogP contribution in [0.15, 0.2) is 0 Å². The van der Waals surface area contributed by atoms with E-state index >= 15 is 0 Å². The second kappa shape index (κ2) is 3.77. The van der Waals surface area contributed by atoms with Crippen molar-refractivity contribution in [2.45, 2.75) is 19.3 Å². The molecule has 0 spiro atoms. The molecule has 80 valence electrons. The number of rotatable bonds is 2. The predicted octanol–water partition coefficient (Wildman–Crippen LogP) is 0.401. The summed E-state index contributed by atoms with van der Waals surface area (Å²) in [6.45, 7) is 4.50.